The third-order valence-electron chi connectivity index (χ3n) is 1.10. The van der Waals surface area contributed by atoms with Gasteiger partial charge in [0.25, 0.3) is 0 Å². The molecule has 0 unspecified atom stereocenters. The Morgan fingerprint density at radius 1 is 1.67 bits per heavy atom. The summed E-state index contributed by atoms with van der Waals surface area (Å²) in [6, 6.07) is 0. The van der Waals surface area contributed by atoms with Crippen molar-refractivity contribution >= 4 is 17.7 Å². The molecule has 0 spiro atoms. The maximum absolute atomic E-state index is 10.9. The van der Waals surface area contributed by atoms with Crippen molar-refractivity contribution in [2.75, 3.05) is 38.4 Å². The molecular weight excluding hydrogens is 178 g/mol. The van der Waals surface area contributed by atoms with Crippen molar-refractivity contribution in [3.8, 4) is 0 Å². The van der Waals surface area contributed by atoms with Crippen molar-refractivity contribution in [3.05, 3.63) is 0 Å². The molecule has 0 aromatic carbocycles. The van der Waals surface area contributed by atoms with E-state index in [1.54, 1.807) is 7.11 Å². The van der Waals surface area contributed by atoms with Crippen LogP contribution >= 0.6 is 11.8 Å². The van der Waals surface area contributed by atoms with Crippen molar-refractivity contribution in [2.45, 2.75) is 0 Å². The van der Waals surface area contributed by atoms with E-state index in [2.05, 4.69) is 5.32 Å². The molecule has 2 N–H and O–H groups in total. The third-order valence-corrected chi connectivity index (χ3v) is 2.03. The normalized spacial score (nSPS) is 9.83. The van der Waals surface area contributed by atoms with Crippen LogP contribution in [0, 0.1) is 0 Å². The molecular formula is C7H15NO3S. The summed E-state index contributed by atoms with van der Waals surface area (Å²) >= 11 is 1.42. The highest BCUT2D eigenvalue weighted by Gasteiger charge is 1.98. The third kappa shape index (κ3) is 7.84. The quantitative estimate of drug-likeness (QED) is 0.534. The van der Waals surface area contributed by atoms with Gasteiger partial charge in [0, 0.05) is 19.4 Å². The fourth-order valence-electron chi connectivity index (χ4n) is 0.573. The number of methoxy groups -OCH3 is 1. The van der Waals surface area contributed by atoms with E-state index in [9.17, 15) is 4.79 Å². The van der Waals surface area contributed by atoms with Crippen LogP contribution in [0.4, 0.5) is 0 Å². The highest BCUT2D eigenvalue weighted by Crippen LogP contribution is 1.96. The van der Waals surface area contributed by atoms with Crippen LogP contribution in [0.1, 0.15) is 0 Å². The van der Waals surface area contributed by atoms with Crippen LogP contribution in [-0.4, -0.2) is 49.4 Å². The smallest absolute Gasteiger partial charge is 0.230 e. The van der Waals surface area contributed by atoms with Gasteiger partial charge in [-0.05, 0) is 0 Å². The van der Waals surface area contributed by atoms with Crippen LogP contribution in [0.25, 0.3) is 0 Å². The molecule has 0 fully saturated rings. The molecule has 12 heavy (non-hydrogen) atoms. The van der Waals surface area contributed by atoms with Crippen LogP contribution in [-0.2, 0) is 9.53 Å². The number of aliphatic hydroxyl groups excluding tert-OH is 1. The van der Waals surface area contributed by atoms with Gasteiger partial charge >= 0.3 is 0 Å². The second-order valence-corrected chi connectivity index (χ2v) is 3.22. The molecule has 4 nitrogen and oxygen atoms in total. The maximum atomic E-state index is 10.9. The summed E-state index contributed by atoms with van der Waals surface area (Å²) in [4.78, 5) is 10.9. The lowest BCUT2D eigenvalue weighted by molar-refractivity contribution is -0.118. The molecule has 0 aliphatic rings. The van der Waals surface area contributed by atoms with E-state index in [1.807, 2.05) is 0 Å². The maximum Gasteiger partial charge on any atom is 0.230 e. The van der Waals surface area contributed by atoms with Gasteiger partial charge in [-0.3, -0.25) is 4.79 Å². The minimum atomic E-state index is -0.00880. The summed E-state index contributed by atoms with van der Waals surface area (Å²) in [5, 5.41) is 11.1. The van der Waals surface area contributed by atoms with E-state index in [-0.39, 0.29) is 12.5 Å². The van der Waals surface area contributed by atoms with Gasteiger partial charge < -0.3 is 15.2 Å². The van der Waals surface area contributed by atoms with Gasteiger partial charge in [0.05, 0.1) is 19.0 Å². The number of ether oxygens (including phenoxy) is 1. The lowest BCUT2D eigenvalue weighted by Crippen LogP contribution is -2.28. The van der Waals surface area contributed by atoms with Crippen molar-refractivity contribution in [3.63, 3.8) is 0 Å². The van der Waals surface area contributed by atoms with E-state index in [4.69, 9.17) is 9.84 Å². The highest BCUT2D eigenvalue weighted by atomic mass is 32.2. The molecule has 0 aliphatic heterocycles. The summed E-state index contributed by atoms with van der Waals surface area (Å²) in [5.74, 6) is 1.01. The molecule has 0 aromatic heterocycles. The Balaban J connectivity index is 3.10. The van der Waals surface area contributed by atoms with E-state index in [1.165, 1.54) is 11.8 Å². The minimum Gasteiger partial charge on any atom is -0.396 e. The summed E-state index contributed by atoms with van der Waals surface area (Å²) in [7, 11) is 1.59. The number of rotatable bonds is 7. The summed E-state index contributed by atoms with van der Waals surface area (Å²) in [6.07, 6.45) is 0. The first-order chi connectivity index (χ1) is 5.81. The van der Waals surface area contributed by atoms with Crippen LogP contribution in [0.15, 0.2) is 0 Å². The van der Waals surface area contributed by atoms with E-state index >= 15 is 0 Å². The summed E-state index contributed by atoms with van der Waals surface area (Å²) < 4.78 is 4.76. The predicted octanol–water partition coefficient (Wildman–Crippen LogP) is -0.525. The molecule has 0 radical (unpaired) electrons. The van der Waals surface area contributed by atoms with Gasteiger partial charge in [-0.2, -0.15) is 0 Å². The lowest BCUT2D eigenvalue weighted by atomic mass is 10.6. The average molecular weight is 193 g/mol. The Labute approximate surface area is 76.7 Å². The first-order valence-electron chi connectivity index (χ1n) is 3.75. The zero-order valence-electron chi connectivity index (χ0n) is 7.21. The molecule has 0 saturated carbocycles. The number of aliphatic hydroxyl groups is 1. The molecule has 72 valence electrons. The molecule has 0 rings (SSSR count). The molecule has 5 heteroatoms. The predicted molar refractivity (Wildman–Crippen MR) is 49.3 cm³/mol. The van der Waals surface area contributed by atoms with Crippen LogP contribution in [0.2, 0.25) is 0 Å². The second kappa shape index (κ2) is 8.83. The summed E-state index contributed by atoms with van der Waals surface area (Å²) in [6.45, 7) is 1.21. The molecule has 0 saturated heterocycles. The van der Waals surface area contributed by atoms with Gasteiger partial charge in [-0.15, -0.1) is 11.8 Å². The number of amides is 1. The van der Waals surface area contributed by atoms with Crippen molar-refractivity contribution in [2.24, 2.45) is 0 Å². The number of carbonyl (C=O) groups is 1. The van der Waals surface area contributed by atoms with Gasteiger partial charge in [-0.1, -0.05) is 0 Å². The first-order valence-corrected chi connectivity index (χ1v) is 4.91. The minimum absolute atomic E-state index is 0.00880. The Hall–Kier alpha value is -0.260. The standard InChI is InChI=1S/C7H15NO3S/c1-11-4-2-8-7(10)6-12-5-3-9/h9H,2-6H2,1H3,(H,8,10). The molecule has 0 aliphatic carbocycles. The molecule has 0 bridgehead atoms. The number of hydrogen-bond donors (Lipinski definition) is 2. The SMILES string of the molecule is COCCNC(=O)CSCCO. The lowest BCUT2D eigenvalue weighted by Gasteiger charge is -2.02. The Morgan fingerprint density at radius 2 is 2.42 bits per heavy atom. The molecule has 0 heterocycles. The van der Waals surface area contributed by atoms with Gasteiger partial charge in [0.1, 0.15) is 0 Å². The number of hydrogen-bond acceptors (Lipinski definition) is 4. The Bertz CT molecular complexity index is 109. The molecule has 1 amide bonds. The zero-order chi connectivity index (χ0) is 9.23. The van der Waals surface area contributed by atoms with Crippen LogP contribution in [0.3, 0.4) is 0 Å². The second-order valence-electron chi connectivity index (χ2n) is 2.12. The van der Waals surface area contributed by atoms with Crippen molar-refractivity contribution < 1.29 is 14.6 Å². The highest BCUT2D eigenvalue weighted by molar-refractivity contribution is 7.99. The van der Waals surface area contributed by atoms with Crippen molar-refractivity contribution in [1.82, 2.24) is 5.32 Å². The fourth-order valence-corrected chi connectivity index (χ4v) is 1.13. The van der Waals surface area contributed by atoms with Crippen LogP contribution < -0.4 is 5.32 Å². The first kappa shape index (κ1) is 11.7. The average Bonchev–Trinajstić information content (AvgIpc) is 2.06. The monoisotopic (exact) mass is 193 g/mol. The van der Waals surface area contributed by atoms with Gasteiger partial charge in [0.2, 0.25) is 5.91 Å². The molecule has 0 aromatic rings. The van der Waals surface area contributed by atoms with Gasteiger partial charge in [0.15, 0.2) is 0 Å². The number of thioether (sulfide) groups is 1. The fraction of sp³-hybridized carbons (Fsp3) is 0.857. The summed E-state index contributed by atoms with van der Waals surface area (Å²) in [5.41, 5.74) is 0. The zero-order valence-corrected chi connectivity index (χ0v) is 8.02. The Morgan fingerprint density at radius 3 is 3.00 bits per heavy atom. The van der Waals surface area contributed by atoms with E-state index in [0.29, 0.717) is 24.7 Å². The van der Waals surface area contributed by atoms with Gasteiger partial charge in [-0.25, -0.2) is 0 Å². The van der Waals surface area contributed by atoms with E-state index in [0.717, 1.165) is 0 Å². The Kier molecular flexibility index (Phi) is 8.64. The number of nitrogens with one attached hydrogen (secondary N) is 1. The number of carbonyl (C=O) groups excluding carboxylic acids is 1. The van der Waals surface area contributed by atoms with Crippen LogP contribution in [0.5, 0.6) is 0 Å². The topological polar surface area (TPSA) is 58.6 Å². The van der Waals surface area contributed by atoms with Crippen molar-refractivity contribution in [1.29, 1.82) is 0 Å². The van der Waals surface area contributed by atoms with E-state index < -0.39 is 0 Å². The molecule has 0 atom stereocenters. The largest absolute Gasteiger partial charge is 0.396 e.